The number of carbonyl (C=O) groups is 2. The Morgan fingerprint density at radius 1 is 0.973 bits per heavy atom. The summed E-state index contributed by atoms with van der Waals surface area (Å²) in [7, 11) is 0. The summed E-state index contributed by atoms with van der Waals surface area (Å²) in [6.07, 6.45) is 1.37. The zero-order chi connectivity index (χ0) is 26.8. The molecule has 8 heteroatoms. The normalized spacial score (nSPS) is 13.9. The van der Waals surface area contributed by atoms with Crippen LogP contribution in [-0.4, -0.2) is 51.4 Å². The minimum absolute atomic E-state index is 0.198. The van der Waals surface area contributed by atoms with Gasteiger partial charge in [0.2, 0.25) is 5.91 Å². The van der Waals surface area contributed by atoms with Crippen LogP contribution >= 0.6 is 11.8 Å². The third kappa shape index (κ3) is 9.31. The molecule has 2 aromatic carbocycles. The summed E-state index contributed by atoms with van der Waals surface area (Å²) in [5.41, 5.74) is 7.98. The fourth-order valence-electron chi connectivity index (χ4n) is 3.82. The molecule has 0 aliphatic rings. The highest BCUT2D eigenvalue weighted by atomic mass is 32.2. The SMILES string of the molecule is CC(C)(C)NC(=O)c1ccccc1C[C@@H](O)[C@H](Cc1ccccc1)NC(=O)[C@H](N)CSc1ccccn1. The van der Waals surface area contributed by atoms with E-state index >= 15 is 0 Å². The lowest BCUT2D eigenvalue weighted by Gasteiger charge is -2.27. The predicted molar refractivity (Wildman–Crippen MR) is 148 cm³/mol. The fraction of sp³-hybridized carbons (Fsp3) is 0.345. The van der Waals surface area contributed by atoms with Gasteiger partial charge in [0.05, 0.1) is 23.2 Å². The van der Waals surface area contributed by atoms with Crippen molar-refractivity contribution in [2.45, 2.75) is 62.4 Å². The summed E-state index contributed by atoms with van der Waals surface area (Å²) >= 11 is 1.40. The van der Waals surface area contributed by atoms with E-state index in [9.17, 15) is 14.7 Å². The van der Waals surface area contributed by atoms with Crippen molar-refractivity contribution < 1.29 is 14.7 Å². The first-order chi connectivity index (χ1) is 17.6. The molecule has 7 nitrogen and oxygen atoms in total. The van der Waals surface area contributed by atoms with Crippen LogP contribution in [0.4, 0.5) is 0 Å². The molecule has 0 aliphatic heterocycles. The molecule has 0 unspecified atom stereocenters. The molecule has 5 N–H and O–H groups in total. The van der Waals surface area contributed by atoms with Gasteiger partial charge in [-0.3, -0.25) is 9.59 Å². The fourth-order valence-corrected chi connectivity index (χ4v) is 4.63. The minimum atomic E-state index is -0.941. The van der Waals surface area contributed by atoms with Gasteiger partial charge in [-0.05, 0) is 56.5 Å². The molecule has 3 aromatic rings. The number of hydrogen-bond acceptors (Lipinski definition) is 6. The van der Waals surface area contributed by atoms with Crippen molar-refractivity contribution in [3.63, 3.8) is 0 Å². The Morgan fingerprint density at radius 2 is 1.65 bits per heavy atom. The van der Waals surface area contributed by atoms with Crippen molar-refractivity contribution in [1.29, 1.82) is 0 Å². The van der Waals surface area contributed by atoms with Crippen molar-refractivity contribution in [1.82, 2.24) is 15.6 Å². The van der Waals surface area contributed by atoms with E-state index in [0.29, 0.717) is 23.3 Å². The molecule has 0 bridgehead atoms. The molecule has 1 aromatic heterocycles. The maximum Gasteiger partial charge on any atom is 0.251 e. The number of aliphatic hydroxyl groups is 1. The maximum atomic E-state index is 13.0. The number of benzene rings is 2. The van der Waals surface area contributed by atoms with Gasteiger partial charge in [0.25, 0.3) is 5.91 Å². The minimum Gasteiger partial charge on any atom is -0.391 e. The van der Waals surface area contributed by atoms with Crippen LogP contribution in [0, 0.1) is 0 Å². The number of carbonyl (C=O) groups excluding carboxylic acids is 2. The number of aromatic nitrogens is 1. The highest BCUT2D eigenvalue weighted by Crippen LogP contribution is 2.18. The number of nitrogens with zero attached hydrogens (tertiary/aromatic N) is 1. The smallest absolute Gasteiger partial charge is 0.251 e. The molecular formula is C29H36N4O3S. The van der Waals surface area contributed by atoms with Gasteiger partial charge in [-0.2, -0.15) is 0 Å². The van der Waals surface area contributed by atoms with E-state index in [1.165, 1.54) is 11.8 Å². The quantitative estimate of drug-likeness (QED) is 0.288. The van der Waals surface area contributed by atoms with Crippen LogP contribution in [0.3, 0.4) is 0 Å². The molecule has 0 aliphatic carbocycles. The van der Waals surface area contributed by atoms with Crippen molar-refractivity contribution >= 4 is 23.6 Å². The first-order valence-corrected chi connectivity index (χ1v) is 13.3. The number of amides is 2. The van der Waals surface area contributed by atoms with Crippen LogP contribution in [-0.2, 0) is 17.6 Å². The third-order valence-electron chi connectivity index (χ3n) is 5.66. The highest BCUT2D eigenvalue weighted by molar-refractivity contribution is 7.99. The summed E-state index contributed by atoms with van der Waals surface area (Å²) in [6, 6.07) is 21.1. The van der Waals surface area contributed by atoms with Gasteiger partial charge in [0, 0.05) is 29.5 Å². The third-order valence-corrected chi connectivity index (χ3v) is 6.72. The van der Waals surface area contributed by atoms with E-state index in [0.717, 1.165) is 10.6 Å². The number of nitrogens with two attached hydrogens (primary N) is 1. The predicted octanol–water partition coefficient (Wildman–Crippen LogP) is 3.36. The molecule has 1 heterocycles. The van der Waals surface area contributed by atoms with Crippen LogP contribution in [0.2, 0.25) is 0 Å². The van der Waals surface area contributed by atoms with E-state index in [4.69, 9.17) is 5.73 Å². The zero-order valence-corrected chi connectivity index (χ0v) is 22.4. The molecule has 37 heavy (non-hydrogen) atoms. The van der Waals surface area contributed by atoms with Gasteiger partial charge in [-0.25, -0.2) is 4.98 Å². The Kier molecular flexibility index (Phi) is 10.3. The molecule has 2 amide bonds. The largest absolute Gasteiger partial charge is 0.391 e. The van der Waals surface area contributed by atoms with Crippen molar-refractivity contribution in [3.8, 4) is 0 Å². The van der Waals surface area contributed by atoms with E-state index in [1.807, 2.05) is 81.4 Å². The van der Waals surface area contributed by atoms with Gasteiger partial charge >= 0.3 is 0 Å². The summed E-state index contributed by atoms with van der Waals surface area (Å²) < 4.78 is 0. The molecular weight excluding hydrogens is 484 g/mol. The first-order valence-electron chi connectivity index (χ1n) is 12.3. The van der Waals surface area contributed by atoms with Crippen LogP contribution in [0.1, 0.15) is 42.3 Å². The Balaban J connectivity index is 1.73. The summed E-state index contributed by atoms with van der Waals surface area (Å²) in [4.78, 5) is 30.2. The van der Waals surface area contributed by atoms with Gasteiger partial charge in [-0.15, -0.1) is 11.8 Å². The molecule has 196 valence electrons. The Bertz CT molecular complexity index is 1150. The standard InChI is InChI=1S/C29H36N4O3S/c1-29(2,3)33-27(35)22-14-8-7-13-21(22)18-25(34)24(17-20-11-5-4-6-12-20)32-28(36)23(30)19-37-26-15-9-10-16-31-26/h4-16,23-25,34H,17-19,30H2,1-3H3,(H,32,36)(H,33,35)/t23-,24+,25-/m1/s1. The monoisotopic (exact) mass is 520 g/mol. The molecule has 0 radical (unpaired) electrons. The molecule has 0 spiro atoms. The molecule has 3 rings (SSSR count). The average molecular weight is 521 g/mol. The summed E-state index contributed by atoms with van der Waals surface area (Å²) in [6.45, 7) is 5.76. The molecule has 0 fully saturated rings. The van der Waals surface area contributed by atoms with Crippen molar-refractivity contribution in [2.24, 2.45) is 5.73 Å². The number of nitrogens with one attached hydrogen (secondary N) is 2. The topological polar surface area (TPSA) is 117 Å². The Hall–Kier alpha value is -3.20. The first kappa shape index (κ1) is 28.4. The lowest BCUT2D eigenvalue weighted by atomic mass is 9.93. The number of aliphatic hydroxyl groups excluding tert-OH is 1. The van der Waals surface area contributed by atoms with Crippen LogP contribution in [0.25, 0.3) is 0 Å². The second-order valence-corrected chi connectivity index (χ2v) is 11.1. The van der Waals surface area contributed by atoms with E-state index in [1.54, 1.807) is 18.3 Å². The Labute approximate surface area is 223 Å². The van der Waals surface area contributed by atoms with Crippen molar-refractivity contribution in [2.75, 3.05) is 5.75 Å². The lowest BCUT2D eigenvalue weighted by molar-refractivity contribution is -0.123. The van der Waals surface area contributed by atoms with E-state index < -0.39 is 23.7 Å². The van der Waals surface area contributed by atoms with Gasteiger partial charge < -0.3 is 21.5 Å². The zero-order valence-electron chi connectivity index (χ0n) is 21.6. The van der Waals surface area contributed by atoms with Gasteiger partial charge in [0.1, 0.15) is 0 Å². The molecule has 3 atom stereocenters. The maximum absolute atomic E-state index is 13.0. The lowest BCUT2D eigenvalue weighted by Crippen LogP contribution is -2.52. The second kappa shape index (κ2) is 13.4. The molecule has 0 saturated carbocycles. The van der Waals surface area contributed by atoms with Crippen LogP contribution in [0.5, 0.6) is 0 Å². The summed E-state index contributed by atoms with van der Waals surface area (Å²) in [5.74, 6) is -0.193. The summed E-state index contributed by atoms with van der Waals surface area (Å²) in [5, 5.41) is 18.0. The number of hydrogen-bond donors (Lipinski definition) is 4. The number of pyridine rings is 1. The number of thioether (sulfide) groups is 1. The second-order valence-electron chi connectivity index (χ2n) is 10.0. The van der Waals surface area contributed by atoms with E-state index in [-0.39, 0.29) is 18.2 Å². The molecule has 0 saturated heterocycles. The van der Waals surface area contributed by atoms with Gasteiger partial charge in [0.15, 0.2) is 0 Å². The Morgan fingerprint density at radius 3 is 2.32 bits per heavy atom. The van der Waals surface area contributed by atoms with E-state index in [2.05, 4.69) is 15.6 Å². The van der Waals surface area contributed by atoms with Crippen LogP contribution in [0.15, 0.2) is 84.0 Å². The average Bonchev–Trinajstić information content (AvgIpc) is 2.87. The number of rotatable bonds is 11. The van der Waals surface area contributed by atoms with Crippen LogP contribution < -0.4 is 16.4 Å². The van der Waals surface area contributed by atoms with Crippen molar-refractivity contribution in [3.05, 3.63) is 95.7 Å². The van der Waals surface area contributed by atoms with Gasteiger partial charge in [-0.1, -0.05) is 54.6 Å². The highest BCUT2D eigenvalue weighted by Gasteiger charge is 2.27.